The molecule has 2 aromatic carbocycles. The van der Waals surface area contributed by atoms with Gasteiger partial charge in [0.05, 0.1) is 27.0 Å². The Morgan fingerprint density at radius 1 is 1.03 bits per heavy atom. The van der Waals surface area contributed by atoms with Crippen molar-refractivity contribution in [3.8, 4) is 17.2 Å². The number of ether oxygens (including phenoxy) is 3. The van der Waals surface area contributed by atoms with Gasteiger partial charge in [0, 0.05) is 32.2 Å². The summed E-state index contributed by atoms with van der Waals surface area (Å²) < 4.78 is 16.2. The molecule has 8 heteroatoms. The number of hydrogen-bond donors (Lipinski definition) is 2. The molecule has 1 fully saturated rings. The van der Waals surface area contributed by atoms with Crippen molar-refractivity contribution in [2.75, 3.05) is 52.4 Å². The molecule has 1 unspecified atom stereocenters. The van der Waals surface area contributed by atoms with Crippen molar-refractivity contribution in [3.05, 3.63) is 48.0 Å². The van der Waals surface area contributed by atoms with Gasteiger partial charge in [-0.05, 0) is 49.6 Å². The molecule has 32 heavy (non-hydrogen) atoms. The Morgan fingerprint density at radius 2 is 1.78 bits per heavy atom. The molecule has 2 aromatic rings. The second-order valence-electron chi connectivity index (χ2n) is 7.45. The van der Waals surface area contributed by atoms with Crippen LogP contribution in [0.1, 0.15) is 18.9 Å². The maximum absolute atomic E-state index is 5.52. The Balaban J connectivity index is 0.00000363. The first kappa shape index (κ1) is 25.9. The monoisotopic (exact) mass is 554 g/mol. The minimum absolute atomic E-state index is 0. The number of methoxy groups -OCH3 is 3. The van der Waals surface area contributed by atoms with Gasteiger partial charge in [0.2, 0.25) is 0 Å². The maximum atomic E-state index is 5.52. The summed E-state index contributed by atoms with van der Waals surface area (Å²) in [5.41, 5.74) is 2.31. The normalized spacial score (nSPS) is 15.7. The number of nitrogens with zero attached hydrogens (tertiary/aromatic N) is 2. The van der Waals surface area contributed by atoms with Crippen molar-refractivity contribution in [1.82, 2.24) is 10.6 Å². The van der Waals surface area contributed by atoms with Crippen LogP contribution in [0.25, 0.3) is 0 Å². The highest BCUT2D eigenvalue weighted by atomic mass is 127. The molecule has 176 valence electrons. The number of guanidine groups is 1. The smallest absolute Gasteiger partial charge is 0.191 e. The second-order valence-corrected chi connectivity index (χ2v) is 7.45. The summed E-state index contributed by atoms with van der Waals surface area (Å²) in [5, 5.41) is 6.96. The van der Waals surface area contributed by atoms with Crippen LogP contribution in [0.3, 0.4) is 0 Å². The molecule has 1 saturated heterocycles. The van der Waals surface area contributed by atoms with Crippen molar-refractivity contribution in [2.24, 2.45) is 4.99 Å². The summed E-state index contributed by atoms with van der Waals surface area (Å²) in [6, 6.07) is 14.5. The van der Waals surface area contributed by atoms with E-state index in [2.05, 4.69) is 40.7 Å². The number of nitrogens with one attached hydrogen (secondary N) is 2. The lowest BCUT2D eigenvalue weighted by Crippen LogP contribution is -2.44. The van der Waals surface area contributed by atoms with Crippen molar-refractivity contribution in [3.63, 3.8) is 0 Å². The van der Waals surface area contributed by atoms with Crippen molar-refractivity contribution >= 4 is 35.6 Å². The zero-order valence-electron chi connectivity index (χ0n) is 19.4. The molecule has 0 saturated carbocycles. The Hall–Kier alpha value is -2.36. The third-order valence-electron chi connectivity index (χ3n) is 5.42. The van der Waals surface area contributed by atoms with Crippen LogP contribution in [0.5, 0.6) is 17.2 Å². The van der Waals surface area contributed by atoms with Crippen LogP contribution < -0.4 is 29.7 Å². The molecule has 1 heterocycles. The summed E-state index contributed by atoms with van der Waals surface area (Å²) in [4.78, 5) is 7.15. The van der Waals surface area contributed by atoms with E-state index in [1.165, 1.54) is 5.56 Å². The third kappa shape index (κ3) is 6.82. The predicted molar refractivity (Wildman–Crippen MR) is 141 cm³/mol. The minimum Gasteiger partial charge on any atom is -0.495 e. The maximum Gasteiger partial charge on any atom is 0.191 e. The number of para-hydroxylation sites is 2. The fourth-order valence-corrected chi connectivity index (χ4v) is 3.83. The molecule has 0 radical (unpaired) electrons. The summed E-state index contributed by atoms with van der Waals surface area (Å²) in [6.45, 7) is 5.50. The Morgan fingerprint density at radius 3 is 2.50 bits per heavy atom. The van der Waals surface area contributed by atoms with Gasteiger partial charge in [-0.15, -0.1) is 24.0 Å². The van der Waals surface area contributed by atoms with E-state index in [9.17, 15) is 0 Å². The first-order valence-electron chi connectivity index (χ1n) is 10.8. The fourth-order valence-electron chi connectivity index (χ4n) is 3.83. The SMILES string of the molecule is CCNC(=NCCc1ccc(OC)c(OC)c1)NC1CCN(c2ccccc2OC)C1.I. The molecule has 0 spiro atoms. The summed E-state index contributed by atoms with van der Waals surface area (Å²) in [6.07, 6.45) is 1.88. The van der Waals surface area contributed by atoms with E-state index in [0.717, 1.165) is 61.4 Å². The predicted octanol–water partition coefficient (Wildman–Crippen LogP) is 3.71. The summed E-state index contributed by atoms with van der Waals surface area (Å²) in [5.74, 6) is 3.26. The van der Waals surface area contributed by atoms with E-state index in [1.54, 1.807) is 21.3 Å². The van der Waals surface area contributed by atoms with Crippen molar-refractivity contribution < 1.29 is 14.2 Å². The number of halogens is 1. The van der Waals surface area contributed by atoms with E-state index < -0.39 is 0 Å². The second kappa shape index (κ2) is 13.2. The van der Waals surface area contributed by atoms with Gasteiger partial charge in [0.25, 0.3) is 0 Å². The molecule has 7 nitrogen and oxygen atoms in total. The lowest BCUT2D eigenvalue weighted by Gasteiger charge is -2.22. The van der Waals surface area contributed by atoms with Gasteiger partial charge in [-0.25, -0.2) is 0 Å². The number of aliphatic imine (C=N–C) groups is 1. The molecular formula is C24H35IN4O3. The van der Waals surface area contributed by atoms with Crippen LogP contribution in [0.4, 0.5) is 5.69 Å². The molecule has 1 atom stereocenters. The standard InChI is InChI=1S/C24H34N4O3.HI/c1-5-25-24(26-14-12-18-10-11-22(30-3)23(16-18)31-4)27-19-13-15-28(17-19)20-8-6-7-9-21(20)29-2;/h6-11,16,19H,5,12-15,17H2,1-4H3,(H2,25,26,27);1H. The lowest BCUT2D eigenvalue weighted by molar-refractivity contribution is 0.354. The lowest BCUT2D eigenvalue weighted by atomic mass is 10.1. The molecule has 1 aliphatic rings. The first-order valence-corrected chi connectivity index (χ1v) is 10.8. The van der Waals surface area contributed by atoms with Crippen molar-refractivity contribution in [1.29, 1.82) is 0 Å². The van der Waals surface area contributed by atoms with Gasteiger partial charge in [-0.3, -0.25) is 4.99 Å². The van der Waals surface area contributed by atoms with Gasteiger partial charge in [-0.2, -0.15) is 0 Å². The topological polar surface area (TPSA) is 67.4 Å². The Bertz CT molecular complexity index is 878. The fraction of sp³-hybridized carbons (Fsp3) is 0.458. The van der Waals surface area contributed by atoms with Gasteiger partial charge >= 0.3 is 0 Å². The van der Waals surface area contributed by atoms with Crippen molar-refractivity contribution in [2.45, 2.75) is 25.8 Å². The average Bonchev–Trinajstić information content (AvgIpc) is 3.27. The van der Waals surface area contributed by atoms with E-state index in [-0.39, 0.29) is 24.0 Å². The summed E-state index contributed by atoms with van der Waals surface area (Å²) in [7, 11) is 5.02. The van der Waals surface area contributed by atoms with E-state index in [0.29, 0.717) is 12.6 Å². The molecular weight excluding hydrogens is 519 g/mol. The number of rotatable bonds is 9. The highest BCUT2D eigenvalue weighted by Gasteiger charge is 2.25. The van der Waals surface area contributed by atoms with E-state index >= 15 is 0 Å². The van der Waals surface area contributed by atoms with Crippen LogP contribution in [-0.2, 0) is 6.42 Å². The third-order valence-corrected chi connectivity index (χ3v) is 5.42. The zero-order valence-corrected chi connectivity index (χ0v) is 21.7. The minimum atomic E-state index is 0. The van der Waals surface area contributed by atoms with Crippen LogP contribution in [0, 0.1) is 0 Å². The van der Waals surface area contributed by atoms with E-state index in [4.69, 9.17) is 19.2 Å². The highest BCUT2D eigenvalue weighted by Crippen LogP contribution is 2.30. The molecule has 1 aliphatic heterocycles. The first-order chi connectivity index (χ1) is 15.2. The highest BCUT2D eigenvalue weighted by molar-refractivity contribution is 14.0. The number of hydrogen-bond acceptors (Lipinski definition) is 5. The molecule has 3 rings (SSSR count). The van der Waals surface area contributed by atoms with E-state index in [1.807, 2.05) is 24.3 Å². The molecule has 0 aliphatic carbocycles. The molecule has 0 amide bonds. The van der Waals surface area contributed by atoms with Crippen LogP contribution in [0.2, 0.25) is 0 Å². The number of anilines is 1. The molecule has 0 aromatic heterocycles. The molecule has 2 N–H and O–H groups in total. The molecule has 0 bridgehead atoms. The van der Waals surface area contributed by atoms with Gasteiger partial charge in [0.15, 0.2) is 17.5 Å². The van der Waals surface area contributed by atoms with Gasteiger partial charge in [-0.1, -0.05) is 18.2 Å². The quantitative estimate of drug-likeness (QED) is 0.280. The zero-order chi connectivity index (χ0) is 22.1. The Labute approximate surface area is 208 Å². The van der Waals surface area contributed by atoms with Gasteiger partial charge < -0.3 is 29.7 Å². The largest absolute Gasteiger partial charge is 0.495 e. The van der Waals surface area contributed by atoms with Gasteiger partial charge in [0.1, 0.15) is 5.75 Å². The number of benzene rings is 2. The summed E-state index contributed by atoms with van der Waals surface area (Å²) >= 11 is 0. The van der Waals surface area contributed by atoms with Crippen LogP contribution in [-0.4, -0.2) is 59.5 Å². The van der Waals surface area contributed by atoms with Crippen LogP contribution in [0.15, 0.2) is 47.5 Å². The Kier molecular flexibility index (Phi) is 10.7. The van der Waals surface area contributed by atoms with Crippen LogP contribution >= 0.6 is 24.0 Å². The average molecular weight is 554 g/mol.